The molecule has 2 aliphatic rings. The van der Waals surface area contributed by atoms with Crippen LogP contribution in [0, 0.1) is 0 Å². The van der Waals surface area contributed by atoms with Gasteiger partial charge in [0, 0.05) is 32.2 Å². The van der Waals surface area contributed by atoms with E-state index in [0.29, 0.717) is 18.4 Å². The van der Waals surface area contributed by atoms with Crippen molar-refractivity contribution < 1.29 is 9.53 Å². The van der Waals surface area contributed by atoms with Gasteiger partial charge in [-0.25, -0.2) is 0 Å². The van der Waals surface area contributed by atoms with Crippen LogP contribution in [0.3, 0.4) is 0 Å². The van der Waals surface area contributed by atoms with Crippen LogP contribution < -0.4 is 5.32 Å². The molecule has 0 aliphatic carbocycles. The lowest BCUT2D eigenvalue weighted by Gasteiger charge is -2.19. The maximum atomic E-state index is 12.3. The van der Waals surface area contributed by atoms with E-state index in [9.17, 15) is 4.79 Å². The van der Waals surface area contributed by atoms with Gasteiger partial charge < -0.3 is 15.0 Å². The van der Waals surface area contributed by atoms with Gasteiger partial charge in [0.05, 0.1) is 6.10 Å². The fraction of sp³-hybridized carbons (Fsp3) is 0.632. The van der Waals surface area contributed by atoms with Crippen LogP contribution in [-0.4, -0.2) is 49.2 Å². The highest BCUT2D eigenvalue weighted by Crippen LogP contribution is 2.17. The number of ether oxygens (including phenoxy) is 1. The van der Waals surface area contributed by atoms with Crippen LogP contribution in [-0.2, 0) is 16.0 Å². The smallest absolute Gasteiger partial charge is 0.224 e. The van der Waals surface area contributed by atoms with Gasteiger partial charge in [-0.05, 0) is 44.2 Å². The number of nitrogens with zero attached hydrogens (tertiary/aromatic N) is 1. The summed E-state index contributed by atoms with van der Waals surface area (Å²) in [4.78, 5) is 14.3. The minimum Gasteiger partial charge on any atom is -0.376 e. The highest BCUT2D eigenvalue weighted by atomic mass is 16.5. The highest BCUT2D eigenvalue weighted by molar-refractivity contribution is 5.77. The lowest BCUT2D eigenvalue weighted by molar-refractivity contribution is -0.131. The molecule has 2 heterocycles. The number of benzene rings is 1. The number of carbonyl (C=O) groups is 1. The second-order valence-corrected chi connectivity index (χ2v) is 6.71. The zero-order valence-corrected chi connectivity index (χ0v) is 13.9. The van der Waals surface area contributed by atoms with Gasteiger partial charge in [-0.2, -0.15) is 0 Å². The molecule has 2 fully saturated rings. The van der Waals surface area contributed by atoms with Crippen molar-refractivity contribution in [2.75, 3.05) is 26.2 Å². The molecule has 1 amide bonds. The lowest BCUT2D eigenvalue weighted by atomic mass is 10.1. The van der Waals surface area contributed by atoms with E-state index in [0.717, 1.165) is 51.9 Å². The van der Waals surface area contributed by atoms with Crippen LogP contribution in [0.2, 0.25) is 0 Å². The minimum absolute atomic E-state index is 0.228. The SMILES string of the molecule is O=C(CC1CCCN1)N1CCC(OCCCc2ccccc2)C1. The van der Waals surface area contributed by atoms with E-state index < -0.39 is 0 Å². The zero-order chi connectivity index (χ0) is 15.9. The Morgan fingerprint density at radius 2 is 2.13 bits per heavy atom. The van der Waals surface area contributed by atoms with Crippen molar-refractivity contribution in [2.24, 2.45) is 0 Å². The number of aryl methyl sites for hydroxylation is 1. The van der Waals surface area contributed by atoms with Gasteiger partial charge in [0.1, 0.15) is 0 Å². The summed E-state index contributed by atoms with van der Waals surface area (Å²) >= 11 is 0. The first-order chi connectivity index (χ1) is 11.3. The summed E-state index contributed by atoms with van der Waals surface area (Å²) in [5.41, 5.74) is 1.36. The van der Waals surface area contributed by atoms with Crippen molar-refractivity contribution in [3.05, 3.63) is 35.9 Å². The highest BCUT2D eigenvalue weighted by Gasteiger charge is 2.28. The molecule has 2 saturated heterocycles. The molecule has 0 radical (unpaired) electrons. The van der Waals surface area contributed by atoms with Gasteiger partial charge in [-0.15, -0.1) is 0 Å². The number of hydrogen-bond acceptors (Lipinski definition) is 3. The molecule has 0 aromatic heterocycles. The molecular weight excluding hydrogens is 288 g/mol. The standard InChI is InChI=1S/C19H28N2O2/c22-19(14-17-9-4-11-20-17)21-12-10-18(15-21)23-13-5-8-16-6-2-1-3-7-16/h1-3,6-7,17-18,20H,4-5,8-15H2. The fourth-order valence-electron chi connectivity index (χ4n) is 3.53. The number of carbonyl (C=O) groups excluding carboxylic acids is 1. The summed E-state index contributed by atoms with van der Waals surface area (Å²) in [6, 6.07) is 10.9. The number of likely N-dealkylation sites (tertiary alicyclic amines) is 1. The quantitative estimate of drug-likeness (QED) is 0.785. The molecule has 0 bridgehead atoms. The third-order valence-corrected chi connectivity index (χ3v) is 4.89. The summed E-state index contributed by atoms with van der Waals surface area (Å²) in [6.07, 6.45) is 6.30. The predicted molar refractivity (Wildman–Crippen MR) is 91.3 cm³/mol. The van der Waals surface area contributed by atoms with Gasteiger partial charge in [-0.1, -0.05) is 30.3 Å². The molecule has 2 unspecified atom stereocenters. The third-order valence-electron chi connectivity index (χ3n) is 4.89. The molecular formula is C19H28N2O2. The predicted octanol–water partition coefficient (Wildman–Crippen LogP) is 2.38. The Morgan fingerprint density at radius 1 is 1.26 bits per heavy atom. The van der Waals surface area contributed by atoms with Crippen molar-refractivity contribution in [3.63, 3.8) is 0 Å². The first-order valence-electron chi connectivity index (χ1n) is 8.98. The summed E-state index contributed by atoms with van der Waals surface area (Å²) in [5, 5.41) is 3.40. The van der Waals surface area contributed by atoms with Gasteiger partial charge in [0.15, 0.2) is 0 Å². The molecule has 23 heavy (non-hydrogen) atoms. The van der Waals surface area contributed by atoms with E-state index in [1.165, 1.54) is 12.0 Å². The second kappa shape index (κ2) is 8.46. The largest absolute Gasteiger partial charge is 0.376 e. The zero-order valence-electron chi connectivity index (χ0n) is 13.9. The van der Waals surface area contributed by atoms with Crippen molar-refractivity contribution in [1.29, 1.82) is 0 Å². The van der Waals surface area contributed by atoms with Gasteiger partial charge in [-0.3, -0.25) is 4.79 Å². The summed E-state index contributed by atoms with van der Waals surface area (Å²) < 4.78 is 5.97. The average molecular weight is 316 g/mol. The molecule has 1 aromatic carbocycles. The molecule has 3 rings (SSSR count). The van der Waals surface area contributed by atoms with E-state index in [2.05, 4.69) is 29.6 Å². The van der Waals surface area contributed by atoms with E-state index in [1.54, 1.807) is 0 Å². The first kappa shape index (κ1) is 16.5. The summed E-state index contributed by atoms with van der Waals surface area (Å²) in [7, 11) is 0. The van der Waals surface area contributed by atoms with Crippen LogP contribution in [0.4, 0.5) is 0 Å². The van der Waals surface area contributed by atoms with Crippen molar-refractivity contribution in [2.45, 2.75) is 50.7 Å². The third kappa shape index (κ3) is 5.05. The molecule has 2 atom stereocenters. The molecule has 4 nitrogen and oxygen atoms in total. The maximum Gasteiger partial charge on any atom is 0.224 e. The number of hydrogen-bond donors (Lipinski definition) is 1. The van der Waals surface area contributed by atoms with Crippen LogP contribution in [0.25, 0.3) is 0 Å². The molecule has 1 aromatic rings. The van der Waals surface area contributed by atoms with E-state index >= 15 is 0 Å². The number of nitrogens with one attached hydrogen (secondary N) is 1. The van der Waals surface area contributed by atoms with Crippen LogP contribution >= 0.6 is 0 Å². The normalized spacial score (nSPS) is 24.3. The Hall–Kier alpha value is -1.39. The van der Waals surface area contributed by atoms with Crippen LogP contribution in [0.5, 0.6) is 0 Å². The second-order valence-electron chi connectivity index (χ2n) is 6.71. The first-order valence-corrected chi connectivity index (χ1v) is 8.98. The lowest BCUT2D eigenvalue weighted by Crippen LogP contribution is -2.35. The molecule has 4 heteroatoms. The van der Waals surface area contributed by atoms with Crippen molar-refractivity contribution in [3.8, 4) is 0 Å². The van der Waals surface area contributed by atoms with E-state index in [4.69, 9.17) is 4.74 Å². The van der Waals surface area contributed by atoms with E-state index in [1.807, 2.05) is 11.0 Å². The molecule has 0 spiro atoms. The van der Waals surface area contributed by atoms with Gasteiger partial charge in [0.2, 0.25) is 5.91 Å². The van der Waals surface area contributed by atoms with Crippen LogP contribution in [0.15, 0.2) is 30.3 Å². The number of amides is 1. The molecule has 0 saturated carbocycles. The number of rotatable bonds is 7. The monoisotopic (exact) mass is 316 g/mol. The minimum atomic E-state index is 0.228. The van der Waals surface area contributed by atoms with Gasteiger partial charge in [0.25, 0.3) is 0 Å². The summed E-state index contributed by atoms with van der Waals surface area (Å²) in [6.45, 7) is 3.47. The van der Waals surface area contributed by atoms with Crippen molar-refractivity contribution >= 4 is 5.91 Å². The molecule has 126 valence electrons. The molecule has 1 N–H and O–H groups in total. The Kier molecular flexibility index (Phi) is 6.06. The topological polar surface area (TPSA) is 41.6 Å². The Bertz CT molecular complexity index is 485. The van der Waals surface area contributed by atoms with Crippen LogP contribution in [0.1, 0.15) is 37.7 Å². The van der Waals surface area contributed by atoms with E-state index in [-0.39, 0.29) is 6.10 Å². The molecule has 2 aliphatic heterocycles. The summed E-state index contributed by atoms with van der Waals surface area (Å²) in [5.74, 6) is 0.291. The maximum absolute atomic E-state index is 12.3. The van der Waals surface area contributed by atoms with Gasteiger partial charge >= 0.3 is 0 Å². The fourth-order valence-corrected chi connectivity index (χ4v) is 3.53. The van der Waals surface area contributed by atoms with Crippen molar-refractivity contribution in [1.82, 2.24) is 10.2 Å². The average Bonchev–Trinajstić information content (AvgIpc) is 3.24. The Morgan fingerprint density at radius 3 is 2.91 bits per heavy atom. The Labute approximate surface area is 139 Å². The Balaban J connectivity index is 1.31.